The second-order valence-electron chi connectivity index (χ2n) is 6.17. The van der Waals surface area contributed by atoms with Gasteiger partial charge in [0.25, 0.3) is 0 Å². The minimum atomic E-state index is -1.02. The van der Waals surface area contributed by atoms with Gasteiger partial charge in [-0.05, 0) is 39.2 Å². The molecule has 114 valence electrons. The summed E-state index contributed by atoms with van der Waals surface area (Å²) in [5, 5.41) is 0. The monoisotopic (exact) mass is 292 g/mol. The van der Waals surface area contributed by atoms with E-state index in [4.69, 9.17) is 19.6 Å². The van der Waals surface area contributed by atoms with Crippen molar-refractivity contribution in [2.75, 3.05) is 0 Å². The minimum absolute atomic E-state index is 0.126. The lowest BCUT2D eigenvalue weighted by Gasteiger charge is -2.35. The summed E-state index contributed by atoms with van der Waals surface area (Å²) in [4.78, 5) is 33.1. The molecule has 0 unspecified atom stereocenters. The Morgan fingerprint density at radius 2 is 1.52 bits per heavy atom. The maximum Gasteiger partial charge on any atom is 0.242 e. The summed E-state index contributed by atoms with van der Waals surface area (Å²) >= 11 is 0. The molecule has 0 amide bonds. The highest BCUT2D eigenvalue weighted by Gasteiger charge is 2.76. The summed E-state index contributed by atoms with van der Waals surface area (Å²) in [6.45, 7) is 5.18. The molecule has 1 aromatic carbocycles. The molecule has 2 heterocycles. The van der Waals surface area contributed by atoms with E-state index in [1.165, 1.54) is 0 Å². The van der Waals surface area contributed by atoms with Gasteiger partial charge in [0.15, 0.2) is 0 Å². The normalized spacial score (nSPS) is 37.9. The average Bonchev–Trinajstić information content (AvgIpc) is 2.80. The van der Waals surface area contributed by atoms with Crippen LogP contribution in [-0.4, -0.2) is 17.4 Å². The Morgan fingerprint density at radius 3 is 2.00 bits per heavy atom. The van der Waals surface area contributed by atoms with Crippen LogP contribution in [0.3, 0.4) is 0 Å². The van der Waals surface area contributed by atoms with E-state index in [1.807, 2.05) is 30.3 Å². The number of ketones is 1. The van der Waals surface area contributed by atoms with Crippen molar-refractivity contribution in [3.8, 4) is 0 Å². The van der Waals surface area contributed by atoms with Crippen molar-refractivity contribution < 1.29 is 24.3 Å². The van der Waals surface area contributed by atoms with Crippen LogP contribution in [0.5, 0.6) is 0 Å². The molecule has 2 saturated heterocycles. The maximum absolute atomic E-state index is 11.5. The average molecular weight is 292 g/mol. The molecule has 5 nitrogen and oxygen atoms in total. The van der Waals surface area contributed by atoms with Crippen LogP contribution in [0.4, 0.5) is 0 Å². The molecular formula is C16H20O5. The van der Waals surface area contributed by atoms with Crippen LogP contribution in [0.1, 0.15) is 39.2 Å². The van der Waals surface area contributed by atoms with Gasteiger partial charge in [-0.3, -0.25) is 0 Å². The predicted molar refractivity (Wildman–Crippen MR) is 73.6 cm³/mol. The lowest BCUT2D eigenvalue weighted by Crippen LogP contribution is -2.49. The molecule has 5 heteroatoms. The summed E-state index contributed by atoms with van der Waals surface area (Å²) < 4.78 is 0. The Bertz CT molecular complexity index is 513. The molecule has 0 atom stereocenters. The number of Topliss-reactive ketones (excluding diaryl/α,β-unsaturated/α-hetero) is 1. The largest absolute Gasteiger partial charge is 0.300 e. The SMILES string of the molecule is CC(=O)CCC1(Cc2ccccc2)C2(C)OOC1(C)OO2. The zero-order valence-electron chi connectivity index (χ0n) is 12.5. The molecule has 0 spiro atoms. The molecule has 21 heavy (non-hydrogen) atoms. The number of carbonyl (C=O) groups is 1. The molecule has 2 bridgehead atoms. The van der Waals surface area contributed by atoms with Crippen molar-refractivity contribution in [1.29, 1.82) is 0 Å². The third kappa shape index (κ3) is 2.12. The fourth-order valence-corrected chi connectivity index (χ4v) is 3.27. The predicted octanol–water partition coefficient (Wildman–Crippen LogP) is 2.94. The van der Waals surface area contributed by atoms with E-state index in [0.29, 0.717) is 19.3 Å². The van der Waals surface area contributed by atoms with Gasteiger partial charge in [-0.2, -0.15) is 19.6 Å². The standard InChI is InChI=1S/C16H20O5/c1-12(17)9-10-16(11-13-7-5-4-6-8-13)14(2)18-20-15(16,3)21-19-14/h4-8H,9-11H2,1-3H3. The smallest absolute Gasteiger partial charge is 0.242 e. The lowest BCUT2D eigenvalue weighted by atomic mass is 9.67. The van der Waals surface area contributed by atoms with Crippen LogP contribution in [0, 0.1) is 5.41 Å². The quantitative estimate of drug-likeness (QED) is 0.781. The van der Waals surface area contributed by atoms with Crippen LogP contribution in [0.2, 0.25) is 0 Å². The number of hydrogen-bond acceptors (Lipinski definition) is 5. The van der Waals surface area contributed by atoms with Gasteiger partial charge in [-0.1, -0.05) is 30.3 Å². The minimum Gasteiger partial charge on any atom is -0.300 e. The fourth-order valence-electron chi connectivity index (χ4n) is 3.27. The topological polar surface area (TPSA) is 54.0 Å². The first-order chi connectivity index (χ1) is 9.91. The summed E-state index contributed by atoms with van der Waals surface area (Å²) in [5.74, 6) is -1.92. The second-order valence-corrected chi connectivity index (χ2v) is 6.17. The van der Waals surface area contributed by atoms with E-state index in [2.05, 4.69) is 0 Å². The van der Waals surface area contributed by atoms with E-state index >= 15 is 0 Å². The van der Waals surface area contributed by atoms with Gasteiger partial charge < -0.3 is 4.79 Å². The molecule has 0 aromatic heterocycles. The van der Waals surface area contributed by atoms with E-state index in [9.17, 15) is 4.79 Å². The van der Waals surface area contributed by atoms with Crippen LogP contribution >= 0.6 is 0 Å². The Morgan fingerprint density at radius 1 is 1.00 bits per heavy atom. The highest BCUT2D eigenvalue weighted by atomic mass is 17.4. The van der Waals surface area contributed by atoms with Gasteiger partial charge in [0.1, 0.15) is 5.78 Å². The molecule has 3 rings (SSSR count). The van der Waals surface area contributed by atoms with E-state index in [1.54, 1.807) is 20.8 Å². The number of carbonyl (C=O) groups excluding carboxylic acids is 1. The Kier molecular flexibility index (Phi) is 3.41. The first-order valence-electron chi connectivity index (χ1n) is 7.18. The highest BCUT2D eigenvalue weighted by Crippen LogP contribution is 2.62. The Hall–Kier alpha value is -1.27. The zero-order valence-corrected chi connectivity index (χ0v) is 12.5. The van der Waals surface area contributed by atoms with Crippen LogP contribution in [0.15, 0.2) is 30.3 Å². The van der Waals surface area contributed by atoms with Gasteiger partial charge in [-0.25, -0.2) is 0 Å². The number of fused-ring (bicyclic) bond motifs is 2. The van der Waals surface area contributed by atoms with Gasteiger partial charge in [-0.15, -0.1) is 0 Å². The third-order valence-corrected chi connectivity index (χ3v) is 4.71. The van der Waals surface area contributed by atoms with Crippen molar-refractivity contribution in [2.45, 2.75) is 51.6 Å². The molecule has 2 aliphatic rings. The van der Waals surface area contributed by atoms with E-state index in [-0.39, 0.29) is 5.78 Å². The Labute approximate surface area is 124 Å². The Balaban J connectivity index is 1.98. The van der Waals surface area contributed by atoms with Crippen molar-refractivity contribution in [3.05, 3.63) is 35.9 Å². The summed E-state index contributed by atoms with van der Waals surface area (Å²) in [5.41, 5.74) is 0.550. The van der Waals surface area contributed by atoms with Gasteiger partial charge in [0.2, 0.25) is 11.6 Å². The van der Waals surface area contributed by atoms with Crippen molar-refractivity contribution in [2.24, 2.45) is 5.41 Å². The molecule has 0 saturated carbocycles. The van der Waals surface area contributed by atoms with Gasteiger partial charge in [0, 0.05) is 6.42 Å². The highest BCUT2D eigenvalue weighted by molar-refractivity contribution is 5.75. The fraction of sp³-hybridized carbons (Fsp3) is 0.562. The van der Waals surface area contributed by atoms with E-state index in [0.717, 1.165) is 5.56 Å². The number of benzene rings is 1. The molecule has 2 fully saturated rings. The summed E-state index contributed by atoms with van der Waals surface area (Å²) in [6.07, 6.45) is 1.65. The van der Waals surface area contributed by atoms with Crippen molar-refractivity contribution in [3.63, 3.8) is 0 Å². The maximum atomic E-state index is 11.5. The van der Waals surface area contributed by atoms with Crippen LogP contribution in [0.25, 0.3) is 0 Å². The zero-order chi connectivity index (χ0) is 15.1. The van der Waals surface area contributed by atoms with Crippen molar-refractivity contribution >= 4 is 5.78 Å². The molecule has 2 aliphatic heterocycles. The van der Waals surface area contributed by atoms with Crippen LogP contribution < -0.4 is 0 Å². The first-order valence-corrected chi connectivity index (χ1v) is 7.18. The van der Waals surface area contributed by atoms with E-state index < -0.39 is 17.0 Å². The first kappa shape index (κ1) is 14.7. The molecular weight excluding hydrogens is 272 g/mol. The van der Waals surface area contributed by atoms with Gasteiger partial charge >= 0.3 is 0 Å². The van der Waals surface area contributed by atoms with Gasteiger partial charge in [0.05, 0.1) is 5.41 Å². The molecule has 1 aromatic rings. The number of rotatable bonds is 5. The summed E-state index contributed by atoms with van der Waals surface area (Å²) in [7, 11) is 0. The third-order valence-electron chi connectivity index (χ3n) is 4.71. The lowest BCUT2D eigenvalue weighted by molar-refractivity contribution is -0.583. The molecule has 0 N–H and O–H groups in total. The van der Waals surface area contributed by atoms with Crippen molar-refractivity contribution in [1.82, 2.24) is 0 Å². The van der Waals surface area contributed by atoms with Crippen LogP contribution in [-0.2, 0) is 30.8 Å². The number of hydrogen-bond donors (Lipinski definition) is 0. The molecule has 0 radical (unpaired) electrons. The second kappa shape index (κ2) is 4.88. The molecule has 0 aliphatic carbocycles. The summed E-state index contributed by atoms with van der Waals surface area (Å²) in [6, 6.07) is 10.0.